The van der Waals surface area contributed by atoms with Gasteiger partial charge in [-0.1, -0.05) is 90.9 Å². The number of aromatic amines is 1. The van der Waals surface area contributed by atoms with E-state index in [1.165, 1.54) is 77.0 Å². The van der Waals surface area contributed by atoms with Crippen LogP contribution in [0.2, 0.25) is 0 Å². The molecule has 0 spiro atoms. The summed E-state index contributed by atoms with van der Waals surface area (Å²) in [5.41, 5.74) is 2.98. The van der Waals surface area contributed by atoms with Crippen LogP contribution in [-0.4, -0.2) is 19.9 Å². The van der Waals surface area contributed by atoms with Crippen molar-refractivity contribution in [3.05, 3.63) is 18.3 Å². The molecule has 0 radical (unpaired) electrons. The predicted molar refractivity (Wildman–Crippen MR) is 106 cm³/mol. The molecule has 1 unspecified atom stereocenters. The van der Waals surface area contributed by atoms with Gasteiger partial charge in [0.05, 0.1) is 12.0 Å². The number of nitrogens with zero attached hydrogens (tertiary/aromatic N) is 3. The first-order chi connectivity index (χ1) is 12.3. The summed E-state index contributed by atoms with van der Waals surface area (Å²) in [6, 6.07) is 0. The topological polar surface area (TPSA) is 54.5 Å². The van der Waals surface area contributed by atoms with Crippen molar-refractivity contribution in [3.63, 3.8) is 0 Å². The van der Waals surface area contributed by atoms with Crippen LogP contribution in [0.4, 0.5) is 0 Å². The van der Waals surface area contributed by atoms with E-state index in [1.54, 1.807) is 12.7 Å². The number of hydrogen-bond acceptors (Lipinski definition) is 3. The minimum Gasteiger partial charge on any atom is -0.342 e. The zero-order valence-electron chi connectivity index (χ0n) is 16.3. The molecule has 0 aliphatic rings. The molecule has 1 N–H and O–H groups in total. The maximum Gasteiger partial charge on any atom is 0.180 e. The van der Waals surface area contributed by atoms with Gasteiger partial charge in [-0.25, -0.2) is 15.0 Å². The molecule has 4 heteroatoms. The van der Waals surface area contributed by atoms with Gasteiger partial charge in [0.25, 0.3) is 0 Å². The molecule has 2 heterocycles. The van der Waals surface area contributed by atoms with Crippen molar-refractivity contribution in [1.29, 1.82) is 0 Å². The predicted octanol–water partition coefficient (Wildman–Crippen LogP) is 6.23. The fraction of sp³-hybridized carbons (Fsp3) is 0.762. The summed E-state index contributed by atoms with van der Waals surface area (Å²) >= 11 is 0. The second-order valence-corrected chi connectivity index (χ2v) is 7.40. The lowest BCUT2D eigenvalue weighted by molar-refractivity contribution is 0.400. The van der Waals surface area contributed by atoms with E-state index < -0.39 is 0 Å². The lowest BCUT2D eigenvalue weighted by atomic mass is 9.90. The Bertz CT molecular complexity index is 578. The van der Waals surface area contributed by atoms with Gasteiger partial charge in [0.15, 0.2) is 5.65 Å². The van der Waals surface area contributed by atoms with Gasteiger partial charge < -0.3 is 4.98 Å². The van der Waals surface area contributed by atoms with Crippen LogP contribution in [0.3, 0.4) is 0 Å². The highest BCUT2D eigenvalue weighted by molar-refractivity contribution is 5.71. The zero-order chi connectivity index (χ0) is 17.7. The quantitative estimate of drug-likeness (QED) is 0.413. The largest absolute Gasteiger partial charge is 0.342 e. The van der Waals surface area contributed by atoms with Crippen molar-refractivity contribution in [2.45, 2.75) is 97.3 Å². The van der Waals surface area contributed by atoms with Crippen LogP contribution < -0.4 is 0 Å². The molecule has 2 aromatic heterocycles. The van der Waals surface area contributed by atoms with Crippen LogP contribution in [-0.2, 0) is 6.42 Å². The molecular weight excluding hydrogens is 308 g/mol. The second-order valence-electron chi connectivity index (χ2n) is 7.40. The highest BCUT2D eigenvalue weighted by Crippen LogP contribution is 2.24. The molecule has 0 aromatic carbocycles. The molecule has 1 atom stereocenters. The number of aromatic nitrogens is 4. The van der Waals surface area contributed by atoms with Gasteiger partial charge in [-0.3, -0.25) is 0 Å². The molecule has 0 saturated carbocycles. The number of nitrogens with one attached hydrogen (secondary N) is 1. The lowest BCUT2D eigenvalue weighted by Gasteiger charge is -2.17. The minimum absolute atomic E-state index is 0.740. The van der Waals surface area contributed by atoms with Gasteiger partial charge in [0.2, 0.25) is 0 Å². The summed E-state index contributed by atoms with van der Waals surface area (Å²) in [5.74, 6) is 0.740. The first kappa shape index (κ1) is 19.9. The van der Waals surface area contributed by atoms with Crippen molar-refractivity contribution < 1.29 is 0 Å². The summed E-state index contributed by atoms with van der Waals surface area (Å²) in [6.07, 6.45) is 20.8. The summed E-state index contributed by atoms with van der Waals surface area (Å²) < 4.78 is 0. The molecule has 25 heavy (non-hydrogen) atoms. The van der Waals surface area contributed by atoms with E-state index in [-0.39, 0.29) is 0 Å². The fourth-order valence-electron chi connectivity index (χ4n) is 3.66. The fourth-order valence-corrected chi connectivity index (χ4v) is 3.66. The van der Waals surface area contributed by atoms with Crippen LogP contribution in [0.5, 0.6) is 0 Å². The first-order valence-corrected chi connectivity index (χ1v) is 10.5. The SMILES string of the molecule is CCCCCCCCC(CCCCCC)Cc1ncnc2nc[nH]c12. The van der Waals surface area contributed by atoms with E-state index in [0.717, 1.165) is 29.2 Å². The van der Waals surface area contributed by atoms with E-state index in [4.69, 9.17) is 0 Å². The van der Waals surface area contributed by atoms with Crippen LogP contribution in [0.1, 0.15) is 96.6 Å². The van der Waals surface area contributed by atoms with Crippen molar-refractivity contribution in [1.82, 2.24) is 19.9 Å². The number of fused-ring (bicyclic) bond motifs is 1. The average molecular weight is 345 g/mol. The Morgan fingerprint density at radius 3 is 2.16 bits per heavy atom. The van der Waals surface area contributed by atoms with E-state index in [2.05, 4.69) is 33.8 Å². The number of rotatable bonds is 14. The van der Waals surface area contributed by atoms with Gasteiger partial charge in [-0.05, 0) is 12.3 Å². The van der Waals surface area contributed by atoms with Crippen molar-refractivity contribution in [2.24, 2.45) is 5.92 Å². The van der Waals surface area contributed by atoms with Crippen LogP contribution >= 0.6 is 0 Å². The summed E-state index contributed by atoms with van der Waals surface area (Å²) in [5, 5.41) is 0. The summed E-state index contributed by atoms with van der Waals surface area (Å²) in [4.78, 5) is 16.3. The van der Waals surface area contributed by atoms with Crippen molar-refractivity contribution >= 4 is 11.2 Å². The first-order valence-electron chi connectivity index (χ1n) is 10.5. The zero-order valence-corrected chi connectivity index (χ0v) is 16.3. The van der Waals surface area contributed by atoms with Gasteiger partial charge in [-0.15, -0.1) is 0 Å². The van der Waals surface area contributed by atoms with Gasteiger partial charge >= 0.3 is 0 Å². The number of unbranched alkanes of at least 4 members (excludes halogenated alkanes) is 8. The minimum atomic E-state index is 0.740. The van der Waals surface area contributed by atoms with E-state index in [0.29, 0.717) is 0 Å². The third kappa shape index (κ3) is 7.13. The average Bonchev–Trinajstić information content (AvgIpc) is 3.11. The lowest BCUT2D eigenvalue weighted by Crippen LogP contribution is -2.08. The maximum absolute atomic E-state index is 4.55. The van der Waals surface area contributed by atoms with Gasteiger partial charge in [-0.2, -0.15) is 0 Å². The van der Waals surface area contributed by atoms with Crippen molar-refractivity contribution in [2.75, 3.05) is 0 Å². The Labute approximate surface area is 153 Å². The molecule has 0 aliphatic carbocycles. The number of imidazole rings is 1. The Kier molecular flexibility index (Phi) is 9.53. The Balaban J connectivity index is 1.85. The third-order valence-corrected chi connectivity index (χ3v) is 5.22. The molecule has 4 nitrogen and oxygen atoms in total. The van der Waals surface area contributed by atoms with Gasteiger partial charge in [0, 0.05) is 0 Å². The molecule has 140 valence electrons. The highest BCUT2D eigenvalue weighted by atomic mass is 15.0. The third-order valence-electron chi connectivity index (χ3n) is 5.22. The summed E-state index contributed by atoms with van der Waals surface area (Å²) in [6.45, 7) is 4.56. The smallest absolute Gasteiger partial charge is 0.180 e. The normalized spacial score (nSPS) is 12.7. The molecule has 0 saturated heterocycles. The molecule has 2 rings (SSSR count). The second kappa shape index (κ2) is 12.0. The number of H-pyrrole nitrogens is 1. The molecule has 0 amide bonds. The van der Waals surface area contributed by atoms with Gasteiger partial charge in [0.1, 0.15) is 11.8 Å². The molecule has 0 bridgehead atoms. The maximum atomic E-state index is 4.55. The highest BCUT2D eigenvalue weighted by Gasteiger charge is 2.14. The van der Waals surface area contributed by atoms with Crippen LogP contribution in [0.25, 0.3) is 11.2 Å². The monoisotopic (exact) mass is 344 g/mol. The Hall–Kier alpha value is -1.45. The Morgan fingerprint density at radius 1 is 0.800 bits per heavy atom. The molecule has 2 aromatic rings. The summed E-state index contributed by atoms with van der Waals surface area (Å²) in [7, 11) is 0. The Morgan fingerprint density at radius 2 is 1.44 bits per heavy atom. The molecular formula is C21H36N4. The van der Waals surface area contributed by atoms with Crippen LogP contribution in [0, 0.1) is 5.92 Å². The van der Waals surface area contributed by atoms with E-state index in [1.807, 2.05) is 0 Å². The van der Waals surface area contributed by atoms with Crippen molar-refractivity contribution in [3.8, 4) is 0 Å². The van der Waals surface area contributed by atoms with Crippen LogP contribution in [0.15, 0.2) is 12.7 Å². The standard InChI is InChI=1S/C21H36N4/c1-3-5-7-9-10-12-14-18(13-11-8-6-4-2)15-19-20-21(24-16-22-19)25-17-23-20/h16-18H,3-15H2,1-2H3,(H,22,23,24,25). The van der Waals surface area contributed by atoms with E-state index in [9.17, 15) is 0 Å². The van der Waals surface area contributed by atoms with E-state index >= 15 is 0 Å². The molecule has 0 fully saturated rings. The molecule has 0 aliphatic heterocycles. The number of hydrogen-bond donors (Lipinski definition) is 1.